The number of carbonyl (C=O) groups excluding carboxylic acids is 1. The van der Waals surface area contributed by atoms with Gasteiger partial charge in [-0.15, -0.1) is 0 Å². The zero-order valence-electron chi connectivity index (χ0n) is 17.4. The molecule has 2 aromatic rings. The summed E-state index contributed by atoms with van der Waals surface area (Å²) in [5.41, 5.74) is 0.850. The molecule has 0 N–H and O–H groups in total. The lowest BCUT2D eigenvalue weighted by molar-refractivity contribution is -0.132. The first-order valence-electron chi connectivity index (χ1n) is 10.8. The van der Waals surface area contributed by atoms with Crippen molar-refractivity contribution in [2.45, 2.75) is 56.9 Å². The van der Waals surface area contributed by atoms with Crippen molar-refractivity contribution >= 4 is 27.0 Å². The van der Waals surface area contributed by atoms with Gasteiger partial charge in [-0.25, -0.2) is 13.2 Å². The molecule has 0 radical (unpaired) electrons. The molecule has 1 saturated carbocycles. The van der Waals surface area contributed by atoms with Crippen LogP contribution in [0.2, 0.25) is 0 Å². The lowest BCUT2D eigenvalue weighted by Gasteiger charge is -2.34. The van der Waals surface area contributed by atoms with E-state index in [1.165, 1.54) is 46.7 Å². The molecule has 1 aromatic carbocycles. The lowest BCUT2D eigenvalue weighted by atomic mass is 10.0. The van der Waals surface area contributed by atoms with E-state index in [0.717, 1.165) is 6.42 Å². The summed E-state index contributed by atoms with van der Waals surface area (Å²) >= 11 is 0. The Bertz CT molecular complexity index is 1070. The number of aromatic nitrogens is 1. The largest absolute Gasteiger partial charge is 0.419 e. The van der Waals surface area contributed by atoms with Gasteiger partial charge in [0.2, 0.25) is 15.9 Å². The molecule has 1 saturated heterocycles. The van der Waals surface area contributed by atoms with Gasteiger partial charge in [0.1, 0.15) is 0 Å². The van der Waals surface area contributed by atoms with Gasteiger partial charge in [-0.05, 0) is 31.4 Å². The first-order valence-corrected chi connectivity index (χ1v) is 12.3. The number of oxazole rings is 1. The third-order valence-corrected chi connectivity index (χ3v) is 8.32. The van der Waals surface area contributed by atoms with Crippen LogP contribution >= 0.6 is 0 Å². The molecule has 1 aliphatic heterocycles. The number of amides is 1. The van der Waals surface area contributed by atoms with Crippen LogP contribution < -0.4 is 5.76 Å². The van der Waals surface area contributed by atoms with Gasteiger partial charge in [0.05, 0.1) is 10.4 Å². The number of piperazine rings is 1. The van der Waals surface area contributed by atoms with Crippen LogP contribution in [0.1, 0.15) is 45.4 Å². The van der Waals surface area contributed by atoms with Gasteiger partial charge in [0.15, 0.2) is 5.58 Å². The second-order valence-corrected chi connectivity index (χ2v) is 10.2. The minimum atomic E-state index is -3.71. The maximum atomic E-state index is 13.1. The quantitative estimate of drug-likeness (QED) is 0.695. The van der Waals surface area contributed by atoms with E-state index in [-0.39, 0.29) is 29.5 Å². The zero-order chi connectivity index (χ0) is 21.3. The normalized spacial score (nSPS) is 19.0. The summed E-state index contributed by atoms with van der Waals surface area (Å²) in [7, 11) is -3.71. The maximum Gasteiger partial charge on any atom is 0.419 e. The predicted octanol–water partition coefficient (Wildman–Crippen LogP) is 2.42. The number of aryl methyl sites for hydroxylation is 1. The average molecular weight is 436 g/mol. The van der Waals surface area contributed by atoms with Crippen LogP contribution in [0.3, 0.4) is 0 Å². The monoisotopic (exact) mass is 435 g/mol. The number of hydrogen-bond donors (Lipinski definition) is 0. The fourth-order valence-electron chi connectivity index (χ4n) is 4.62. The molecule has 2 heterocycles. The Hall–Kier alpha value is -2.13. The molecule has 0 spiro atoms. The summed E-state index contributed by atoms with van der Waals surface area (Å²) in [6.07, 6.45) is 6.50. The van der Waals surface area contributed by atoms with Crippen molar-refractivity contribution in [2.24, 2.45) is 5.92 Å². The molecule has 30 heavy (non-hydrogen) atoms. The van der Waals surface area contributed by atoms with Crippen molar-refractivity contribution < 1.29 is 17.6 Å². The van der Waals surface area contributed by atoms with E-state index < -0.39 is 15.8 Å². The summed E-state index contributed by atoms with van der Waals surface area (Å²) in [6, 6.07) is 4.54. The third kappa shape index (κ3) is 4.05. The maximum absolute atomic E-state index is 13.1. The number of carbonyl (C=O) groups is 1. The first-order chi connectivity index (χ1) is 14.4. The smallest absolute Gasteiger partial charge is 0.408 e. The van der Waals surface area contributed by atoms with Crippen LogP contribution in [0.25, 0.3) is 11.1 Å². The van der Waals surface area contributed by atoms with Gasteiger partial charge in [0.25, 0.3) is 0 Å². The zero-order valence-corrected chi connectivity index (χ0v) is 18.2. The van der Waals surface area contributed by atoms with E-state index in [2.05, 4.69) is 0 Å². The van der Waals surface area contributed by atoms with Crippen LogP contribution in [-0.4, -0.2) is 54.3 Å². The molecule has 0 bridgehead atoms. The van der Waals surface area contributed by atoms with E-state index in [0.29, 0.717) is 37.5 Å². The Balaban J connectivity index is 1.40. The van der Waals surface area contributed by atoms with Gasteiger partial charge < -0.3 is 9.32 Å². The van der Waals surface area contributed by atoms with Crippen LogP contribution in [0, 0.1) is 5.92 Å². The van der Waals surface area contributed by atoms with Crippen molar-refractivity contribution in [1.82, 2.24) is 13.8 Å². The van der Waals surface area contributed by atoms with Crippen molar-refractivity contribution in [3.05, 3.63) is 28.7 Å². The average Bonchev–Trinajstić information content (AvgIpc) is 3.38. The summed E-state index contributed by atoms with van der Waals surface area (Å²) < 4.78 is 34.2. The Morgan fingerprint density at radius 1 is 1.13 bits per heavy atom. The van der Waals surface area contributed by atoms with E-state index in [1.54, 1.807) is 11.0 Å². The number of rotatable bonds is 6. The summed E-state index contributed by atoms with van der Waals surface area (Å²) in [5.74, 6) is 0.308. The van der Waals surface area contributed by atoms with Gasteiger partial charge >= 0.3 is 5.76 Å². The molecule has 1 aromatic heterocycles. The van der Waals surface area contributed by atoms with E-state index in [9.17, 15) is 18.0 Å². The minimum Gasteiger partial charge on any atom is -0.408 e. The molecular formula is C21H29N3O5S. The molecule has 0 unspecified atom stereocenters. The van der Waals surface area contributed by atoms with Crippen molar-refractivity contribution in [2.75, 3.05) is 26.2 Å². The Kier molecular flexibility index (Phi) is 6.02. The van der Waals surface area contributed by atoms with E-state index >= 15 is 0 Å². The predicted molar refractivity (Wildman–Crippen MR) is 113 cm³/mol. The highest BCUT2D eigenvalue weighted by Gasteiger charge is 2.31. The second kappa shape index (κ2) is 8.55. The molecule has 2 aliphatic rings. The van der Waals surface area contributed by atoms with Crippen LogP contribution in [0.4, 0.5) is 0 Å². The SMILES string of the molecule is CCn1c(=O)oc2cc(S(=O)(=O)N3CCN(C(=O)CCC4CCCC4)CC3)ccc21. The number of hydrogen-bond acceptors (Lipinski definition) is 5. The van der Waals surface area contributed by atoms with Crippen molar-refractivity contribution in [3.63, 3.8) is 0 Å². The standard InChI is InChI=1S/C21H29N3O5S/c1-2-24-18-9-8-17(15-19(18)29-21(24)26)30(27,28)23-13-11-22(12-14-23)20(25)10-7-16-5-3-4-6-16/h8-9,15-16H,2-7,10-14H2,1H3. The molecule has 2 fully saturated rings. The molecule has 4 rings (SSSR count). The van der Waals surface area contributed by atoms with Crippen molar-refractivity contribution in [1.29, 1.82) is 0 Å². The summed E-state index contributed by atoms with van der Waals surface area (Å²) in [6.45, 7) is 3.65. The fourth-order valence-corrected chi connectivity index (χ4v) is 6.06. The van der Waals surface area contributed by atoms with Gasteiger partial charge in [-0.3, -0.25) is 9.36 Å². The van der Waals surface area contributed by atoms with Crippen LogP contribution in [-0.2, 0) is 21.4 Å². The molecular weight excluding hydrogens is 406 g/mol. The Morgan fingerprint density at radius 2 is 1.83 bits per heavy atom. The molecule has 0 atom stereocenters. The highest BCUT2D eigenvalue weighted by molar-refractivity contribution is 7.89. The highest BCUT2D eigenvalue weighted by Crippen LogP contribution is 2.29. The molecule has 1 aliphatic carbocycles. The van der Waals surface area contributed by atoms with Crippen LogP contribution in [0.15, 0.2) is 32.3 Å². The molecule has 8 nitrogen and oxygen atoms in total. The number of fused-ring (bicyclic) bond motifs is 1. The first kappa shape index (κ1) is 21.1. The number of nitrogens with zero attached hydrogens (tertiary/aromatic N) is 3. The fraction of sp³-hybridized carbons (Fsp3) is 0.619. The van der Waals surface area contributed by atoms with Gasteiger partial charge in [0, 0.05) is 45.2 Å². The highest BCUT2D eigenvalue weighted by atomic mass is 32.2. The van der Waals surface area contributed by atoms with E-state index in [4.69, 9.17) is 4.42 Å². The summed E-state index contributed by atoms with van der Waals surface area (Å²) in [4.78, 5) is 26.3. The second-order valence-electron chi connectivity index (χ2n) is 8.22. The third-order valence-electron chi connectivity index (χ3n) is 6.43. The molecule has 164 valence electrons. The Morgan fingerprint density at radius 3 is 2.50 bits per heavy atom. The van der Waals surface area contributed by atoms with Crippen LogP contribution in [0.5, 0.6) is 0 Å². The van der Waals surface area contributed by atoms with E-state index in [1.807, 2.05) is 6.92 Å². The Labute approximate surface area is 176 Å². The number of sulfonamides is 1. The van der Waals surface area contributed by atoms with Gasteiger partial charge in [-0.1, -0.05) is 25.7 Å². The topological polar surface area (TPSA) is 92.8 Å². The van der Waals surface area contributed by atoms with Crippen molar-refractivity contribution in [3.8, 4) is 0 Å². The lowest BCUT2D eigenvalue weighted by Crippen LogP contribution is -2.50. The number of benzene rings is 1. The van der Waals surface area contributed by atoms with Gasteiger partial charge in [-0.2, -0.15) is 4.31 Å². The molecule has 1 amide bonds. The minimum absolute atomic E-state index is 0.105. The molecule has 9 heteroatoms. The summed E-state index contributed by atoms with van der Waals surface area (Å²) in [5, 5.41) is 0.